The summed E-state index contributed by atoms with van der Waals surface area (Å²) in [6.07, 6.45) is 6.25. The molecule has 12 nitrogen and oxygen atoms in total. The lowest BCUT2D eigenvalue weighted by Gasteiger charge is -2.24. The topological polar surface area (TPSA) is 174 Å². The maximum absolute atomic E-state index is 12.2. The number of nitrogen functional groups attached to an aromatic ring is 1. The van der Waals surface area contributed by atoms with Gasteiger partial charge in [-0.1, -0.05) is 30.3 Å². The third-order valence-electron chi connectivity index (χ3n) is 6.56. The van der Waals surface area contributed by atoms with Crippen LogP contribution < -0.4 is 11.1 Å². The Morgan fingerprint density at radius 3 is 2.57 bits per heavy atom. The second kappa shape index (κ2) is 11.1. The van der Waals surface area contributed by atoms with E-state index < -0.39 is 23.2 Å². The van der Waals surface area contributed by atoms with E-state index in [0.29, 0.717) is 22.6 Å². The number of aryl methyl sites for hydroxylation is 1. The monoisotopic (exact) mass is 568 g/mol. The van der Waals surface area contributed by atoms with Gasteiger partial charge in [-0.25, -0.2) is 19.7 Å². The number of aliphatic hydroxyl groups is 1. The van der Waals surface area contributed by atoms with Crippen LogP contribution in [0, 0.1) is 0 Å². The number of aromatic amines is 1. The molecule has 0 fully saturated rings. The highest BCUT2D eigenvalue weighted by Crippen LogP contribution is 2.34. The number of hydrogen-bond acceptors (Lipinski definition) is 9. The lowest BCUT2D eigenvalue weighted by Crippen LogP contribution is -2.36. The summed E-state index contributed by atoms with van der Waals surface area (Å²) in [5.41, 5.74) is 8.56. The molecule has 0 aliphatic rings. The Hall–Kier alpha value is -5.10. The number of amides is 2. The van der Waals surface area contributed by atoms with Crippen LogP contribution in [0.4, 0.5) is 10.7 Å². The van der Waals surface area contributed by atoms with Gasteiger partial charge in [0.1, 0.15) is 16.8 Å². The Kier molecular flexibility index (Phi) is 7.48. The molecule has 0 aliphatic heterocycles. The van der Waals surface area contributed by atoms with Crippen LogP contribution in [0.2, 0.25) is 0 Å². The van der Waals surface area contributed by atoms with Crippen molar-refractivity contribution in [2.75, 3.05) is 5.73 Å². The summed E-state index contributed by atoms with van der Waals surface area (Å²) in [6.45, 7) is 7.11. The number of nitrogens with one attached hydrogen (secondary N) is 2. The molecule has 216 valence electrons. The number of aromatic nitrogens is 6. The van der Waals surface area contributed by atoms with Crippen LogP contribution in [-0.4, -0.2) is 52.4 Å². The molecule has 0 saturated carbocycles. The number of carbonyl (C=O) groups is 2. The smallest absolute Gasteiger partial charge is 0.414 e. The molecule has 0 aliphatic carbocycles. The summed E-state index contributed by atoms with van der Waals surface area (Å²) >= 11 is 0. The number of nitrogens with two attached hydrogens (primary N) is 1. The Morgan fingerprint density at radius 1 is 1.07 bits per heavy atom. The van der Waals surface area contributed by atoms with Crippen LogP contribution in [0.25, 0.3) is 33.4 Å². The molecule has 0 saturated heterocycles. The van der Waals surface area contributed by atoms with Crippen molar-refractivity contribution in [3.05, 3.63) is 78.5 Å². The van der Waals surface area contributed by atoms with Gasteiger partial charge in [-0.05, 0) is 45.4 Å². The Bertz CT molecular complexity index is 1750. The van der Waals surface area contributed by atoms with Crippen molar-refractivity contribution in [1.82, 2.24) is 35.0 Å². The van der Waals surface area contributed by atoms with Crippen molar-refractivity contribution < 1.29 is 19.4 Å². The number of nitrogens with zero attached hydrogens (tertiary/aromatic N) is 5. The Morgan fingerprint density at radius 2 is 1.83 bits per heavy atom. The van der Waals surface area contributed by atoms with Gasteiger partial charge in [-0.15, -0.1) is 0 Å². The summed E-state index contributed by atoms with van der Waals surface area (Å²) in [7, 11) is 0. The molecule has 1 aromatic carbocycles. The molecule has 5 rings (SSSR count). The quantitative estimate of drug-likeness (QED) is 0.225. The highest BCUT2D eigenvalue weighted by atomic mass is 16.6. The molecule has 4 aromatic heterocycles. The van der Waals surface area contributed by atoms with Crippen LogP contribution in [-0.2, 0) is 21.7 Å². The number of anilines is 1. The molecule has 5 aromatic rings. The van der Waals surface area contributed by atoms with E-state index >= 15 is 0 Å². The first-order chi connectivity index (χ1) is 19.9. The number of H-pyrrole nitrogens is 1. The molecule has 12 heteroatoms. The van der Waals surface area contributed by atoms with Crippen molar-refractivity contribution in [3.8, 4) is 22.4 Å². The maximum atomic E-state index is 12.2. The van der Waals surface area contributed by atoms with Crippen molar-refractivity contribution in [1.29, 1.82) is 0 Å². The number of pyridine rings is 1. The third-order valence-corrected chi connectivity index (χ3v) is 6.56. The third kappa shape index (κ3) is 6.28. The van der Waals surface area contributed by atoms with Gasteiger partial charge in [0.05, 0.1) is 17.6 Å². The number of hydrogen-bond donors (Lipinski definition) is 4. The van der Waals surface area contributed by atoms with E-state index in [2.05, 4.69) is 30.4 Å². The van der Waals surface area contributed by atoms with E-state index in [1.807, 2.05) is 36.4 Å². The summed E-state index contributed by atoms with van der Waals surface area (Å²) in [6, 6.07) is 12.9. The lowest BCUT2D eigenvalue weighted by molar-refractivity contribution is -0.121. The average molecular weight is 569 g/mol. The van der Waals surface area contributed by atoms with Gasteiger partial charge in [0.25, 0.3) is 0 Å². The second-order valence-electron chi connectivity index (χ2n) is 11.0. The number of benzene rings is 1. The SMILES string of the molecule is CC(C)(C)OC(=O)NC(=O)CCn1cc(-c2cnc3[nH]cc(-c4cc(C(C)(O)c5ccccc5)nc(N)n4)c3c2)cn1. The lowest BCUT2D eigenvalue weighted by atomic mass is 9.91. The minimum Gasteiger partial charge on any atom is -0.444 e. The van der Waals surface area contributed by atoms with Gasteiger partial charge in [0.2, 0.25) is 11.9 Å². The van der Waals surface area contributed by atoms with Crippen LogP contribution in [0.1, 0.15) is 45.4 Å². The predicted octanol–water partition coefficient (Wildman–Crippen LogP) is 4.16. The predicted molar refractivity (Wildman–Crippen MR) is 157 cm³/mol. The molecule has 0 spiro atoms. The first-order valence-corrected chi connectivity index (χ1v) is 13.3. The molecule has 42 heavy (non-hydrogen) atoms. The zero-order chi connectivity index (χ0) is 30.1. The van der Waals surface area contributed by atoms with Crippen LogP contribution in [0.3, 0.4) is 0 Å². The highest BCUT2D eigenvalue weighted by Gasteiger charge is 2.29. The zero-order valence-corrected chi connectivity index (χ0v) is 23.8. The van der Waals surface area contributed by atoms with Crippen molar-refractivity contribution in [2.45, 2.75) is 51.9 Å². The van der Waals surface area contributed by atoms with E-state index in [1.54, 1.807) is 63.2 Å². The summed E-state index contributed by atoms with van der Waals surface area (Å²) < 4.78 is 6.73. The summed E-state index contributed by atoms with van der Waals surface area (Å²) in [5.74, 6) is -0.426. The normalized spacial score (nSPS) is 13.1. The molecule has 2 amide bonds. The van der Waals surface area contributed by atoms with Crippen molar-refractivity contribution in [3.63, 3.8) is 0 Å². The van der Waals surface area contributed by atoms with E-state index in [1.165, 1.54) is 0 Å². The number of rotatable bonds is 7. The average Bonchev–Trinajstić information content (AvgIpc) is 3.58. The first-order valence-electron chi connectivity index (χ1n) is 13.3. The molecule has 1 atom stereocenters. The minimum atomic E-state index is -1.39. The van der Waals surface area contributed by atoms with Gasteiger partial charge in [-0.3, -0.25) is 14.8 Å². The maximum Gasteiger partial charge on any atom is 0.414 e. The highest BCUT2D eigenvalue weighted by molar-refractivity contribution is 5.95. The van der Waals surface area contributed by atoms with E-state index in [0.717, 1.165) is 22.1 Å². The number of alkyl carbamates (subject to hydrolysis) is 1. The van der Waals surface area contributed by atoms with Gasteiger partial charge >= 0.3 is 6.09 Å². The molecule has 0 radical (unpaired) electrons. The molecule has 4 heterocycles. The van der Waals surface area contributed by atoms with E-state index in [4.69, 9.17) is 10.5 Å². The van der Waals surface area contributed by atoms with Crippen molar-refractivity contribution >= 4 is 29.0 Å². The molecular formula is C30H32N8O4. The fourth-order valence-electron chi connectivity index (χ4n) is 4.47. The Balaban J connectivity index is 1.36. The largest absolute Gasteiger partial charge is 0.444 e. The van der Waals surface area contributed by atoms with Gasteiger partial charge in [0, 0.05) is 53.6 Å². The van der Waals surface area contributed by atoms with Gasteiger partial charge in [0.15, 0.2) is 0 Å². The van der Waals surface area contributed by atoms with Crippen LogP contribution >= 0.6 is 0 Å². The summed E-state index contributed by atoms with van der Waals surface area (Å²) in [5, 5.41) is 18.7. The zero-order valence-electron chi connectivity index (χ0n) is 23.8. The number of ether oxygens (including phenoxy) is 1. The first kappa shape index (κ1) is 28.4. The second-order valence-corrected chi connectivity index (χ2v) is 11.0. The fraction of sp³-hybridized carbons (Fsp3) is 0.267. The number of fused-ring (bicyclic) bond motifs is 1. The minimum absolute atomic E-state index is 0.0363. The molecule has 5 N–H and O–H groups in total. The standard InChI is InChI=1S/C30H32N8O4/c1-29(2,3)42-28(40)37-25(39)10-11-38-17-19(15-34-38)18-12-21-22(16-33-26(21)32-14-18)23-13-24(36-27(31)35-23)30(4,41)20-8-6-5-7-9-20/h5-9,12-17,41H,10-11H2,1-4H3,(H,32,33)(H2,31,35,36)(H,37,39,40). The summed E-state index contributed by atoms with van der Waals surface area (Å²) in [4.78, 5) is 40.5. The molecule has 0 bridgehead atoms. The molecule has 1 unspecified atom stereocenters. The van der Waals surface area contributed by atoms with Crippen molar-refractivity contribution in [2.24, 2.45) is 0 Å². The number of imide groups is 1. The Labute approximate surface area is 242 Å². The molecular weight excluding hydrogens is 536 g/mol. The van der Waals surface area contributed by atoms with E-state index in [-0.39, 0.29) is 18.9 Å². The van der Waals surface area contributed by atoms with Gasteiger partial charge in [-0.2, -0.15) is 5.10 Å². The fourth-order valence-corrected chi connectivity index (χ4v) is 4.47. The van der Waals surface area contributed by atoms with Gasteiger partial charge < -0.3 is 20.6 Å². The van der Waals surface area contributed by atoms with Crippen LogP contribution in [0.5, 0.6) is 0 Å². The van der Waals surface area contributed by atoms with Crippen LogP contribution in [0.15, 0.2) is 67.3 Å². The van der Waals surface area contributed by atoms with E-state index in [9.17, 15) is 14.7 Å². The number of carbonyl (C=O) groups excluding carboxylic acids is 2.